The molecule has 0 radical (unpaired) electrons. The van der Waals surface area contributed by atoms with Gasteiger partial charge in [0.1, 0.15) is 18.0 Å². The number of rotatable bonds is 6. The molecular weight excluding hydrogens is 424 g/mol. The number of nitrogens with one attached hydrogen (secondary N) is 1. The summed E-state index contributed by atoms with van der Waals surface area (Å²) in [7, 11) is -2.86. The molecule has 2 rings (SSSR count). The number of carboxylic acids is 1. The molecular formula is C21H22N2O7S. The lowest BCUT2D eigenvalue weighted by molar-refractivity contribution is -0.143. The van der Waals surface area contributed by atoms with Crippen LogP contribution in [0.25, 0.3) is 11.1 Å². The average Bonchev–Trinajstić information content (AvgIpc) is 2.66. The normalized spacial score (nSPS) is 10.8. The highest BCUT2D eigenvalue weighted by atomic mass is 32.2. The monoisotopic (exact) mass is 446 g/mol. The van der Waals surface area contributed by atoms with Gasteiger partial charge in [-0.15, -0.1) is 4.36 Å². The van der Waals surface area contributed by atoms with Crippen LogP contribution >= 0.6 is 0 Å². The van der Waals surface area contributed by atoms with Gasteiger partial charge < -0.3 is 15.2 Å². The van der Waals surface area contributed by atoms with Gasteiger partial charge in [0, 0.05) is 5.56 Å². The van der Waals surface area contributed by atoms with Crippen LogP contribution < -0.4 is 10.1 Å². The predicted octanol–water partition coefficient (Wildman–Crippen LogP) is 3.12. The Morgan fingerprint density at radius 1 is 1.13 bits per heavy atom. The Bertz CT molecular complexity index is 1170. The van der Waals surface area contributed by atoms with E-state index < -0.39 is 40.3 Å². The van der Waals surface area contributed by atoms with E-state index in [-0.39, 0.29) is 11.3 Å². The van der Waals surface area contributed by atoms with Crippen molar-refractivity contribution in [2.75, 3.05) is 6.54 Å². The van der Waals surface area contributed by atoms with Crippen molar-refractivity contribution >= 4 is 34.0 Å². The molecule has 0 aliphatic carbocycles. The van der Waals surface area contributed by atoms with Crippen LogP contribution in [0.15, 0.2) is 40.8 Å². The molecule has 0 saturated carbocycles. The fourth-order valence-electron chi connectivity index (χ4n) is 2.57. The van der Waals surface area contributed by atoms with Crippen molar-refractivity contribution in [3.63, 3.8) is 0 Å². The van der Waals surface area contributed by atoms with Gasteiger partial charge in [0.2, 0.25) is 0 Å². The molecule has 0 bridgehead atoms. The molecule has 0 aliphatic heterocycles. The fraction of sp³-hybridized carbons (Fsp3) is 0.286. The lowest BCUT2D eigenvalue weighted by Crippen LogP contribution is -2.29. The third kappa shape index (κ3) is 6.22. The zero-order valence-corrected chi connectivity index (χ0v) is 18.2. The summed E-state index contributed by atoms with van der Waals surface area (Å²) in [5.74, 6) is -2.07. The number of carbonyl (C=O) groups excluding carboxylic acids is 2. The van der Waals surface area contributed by atoms with Gasteiger partial charge in [-0.25, -0.2) is 0 Å². The van der Waals surface area contributed by atoms with Crippen molar-refractivity contribution in [1.82, 2.24) is 5.32 Å². The van der Waals surface area contributed by atoms with Crippen molar-refractivity contribution in [3.8, 4) is 16.9 Å². The number of carbonyl (C=O) groups is 3. The Labute approximate surface area is 180 Å². The quantitative estimate of drug-likeness (QED) is 0.513. The third-order valence-corrected chi connectivity index (χ3v) is 4.48. The number of amides is 1. The van der Waals surface area contributed by atoms with Gasteiger partial charge in [-0.1, -0.05) is 18.2 Å². The summed E-state index contributed by atoms with van der Waals surface area (Å²) in [5, 5.41) is 10.9. The highest BCUT2D eigenvalue weighted by Gasteiger charge is 2.24. The fourth-order valence-corrected chi connectivity index (χ4v) is 2.91. The topological polar surface area (TPSA) is 139 Å². The zero-order chi connectivity index (χ0) is 23.3. The van der Waals surface area contributed by atoms with Crippen LogP contribution in [0.1, 0.15) is 36.7 Å². The summed E-state index contributed by atoms with van der Waals surface area (Å²) in [6.07, 6.45) is 0. The van der Waals surface area contributed by atoms with Crippen molar-refractivity contribution in [3.05, 3.63) is 47.5 Å². The maximum atomic E-state index is 12.4. The number of hydrogen-bond acceptors (Lipinski definition) is 7. The molecule has 10 heteroatoms. The molecule has 0 spiro atoms. The number of ether oxygens (including phenoxy) is 1. The van der Waals surface area contributed by atoms with Gasteiger partial charge in [-0.2, -0.15) is 8.42 Å². The van der Waals surface area contributed by atoms with Gasteiger partial charge in [0.15, 0.2) is 0 Å². The molecule has 9 nitrogen and oxygen atoms in total. The summed E-state index contributed by atoms with van der Waals surface area (Å²) in [4.78, 5) is 35.3. The number of aliphatic carboxylic acids is 1. The second kappa shape index (κ2) is 9.52. The molecule has 0 aromatic heterocycles. The van der Waals surface area contributed by atoms with E-state index in [4.69, 9.17) is 9.84 Å². The van der Waals surface area contributed by atoms with Crippen LogP contribution in [0.2, 0.25) is 0 Å². The van der Waals surface area contributed by atoms with Crippen LogP contribution in [0.3, 0.4) is 0 Å². The summed E-state index contributed by atoms with van der Waals surface area (Å²) < 4.78 is 31.5. The molecule has 0 atom stereocenters. The van der Waals surface area contributed by atoms with Crippen LogP contribution in [0.5, 0.6) is 5.75 Å². The van der Waals surface area contributed by atoms with E-state index in [1.54, 1.807) is 52.0 Å². The number of carboxylic acid groups (broad SMARTS) is 1. The summed E-state index contributed by atoms with van der Waals surface area (Å²) in [5.41, 5.74) is 0.577. The van der Waals surface area contributed by atoms with Gasteiger partial charge in [-0.3, -0.25) is 14.4 Å². The second-order valence-electron chi connectivity index (χ2n) is 7.71. The Morgan fingerprint density at radius 2 is 1.81 bits per heavy atom. The third-order valence-electron chi connectivity index (χ3n) is 4.15. The molecule has 0 fully saturated rings. The summed E-state index contributed by atoms with van der Waals surface area (Å²) >= 11 is 0. The standard InChI is InChI=1S/C21H22N2O7S/c1-12-10-13(8-9-16(12)30-20(27)21(2,3)4)14-6-5-7-15(18(14)23-31(28)29)19(26)22-11-17(24)25/h5-10H,11H2,1-4H3,(H,22,26)(H,24,25). The summed E-state index contributed by atoms with van der Waals surface area (Å²) in [6, 6.07) is 9.31. The minimum Gasteiger partial charge on any atom is -0.480 e. The minimum absolute atomic E-state index is 0.0937. The smallest absolute Gasteiger partial charge is 0.322 e. The van der Waals surface area contributed by atoms with Gasteiger partial charge in [0.25, 0.3) is 5.91 Å². The Morgan fingerprint density at radius 3 is 2.35 bits per heavy atom. The summed E-state index contributed by atoms with van der Waals surface area (Å²) in [6.45, 7) is 6.29. The molecule has 2 aromatic rings. The van der Waals surface area contributed by atoms with Crippen molar-refractivity contribution < 1.29 is 32.6 Å². The van der Waals surface area contributed by atoms with Crippen LogP contribution in [0, 0.1) is 12.3 Å². The SMILES string of the molecule is Cc1cc(-c2cccc(C(=O)NCC(=O)O)c2N=S(=O)=O)ccc1OC(=O)C(C)(C)C. The van der Waals surface area contributed by atoms with Crippen molar-refractivity contribution in [1.29, 1.82) is 0 Å². The first-order chi connectivity index (χ1) is 14.4. The number of benzene rings is 2. The van der Waals surface area contributed by atoms with E-state index in [2.05, 4.69) is 9.68 Å². The number of aryl methyl sites for hydroxylation is 1. The van der Waals surface area contributed by atoms with E-state index in [1.165, 1.54) is 12.1 Å². The molecule has 0 saturated heterocycles. The number of nitrogens with zero attached hydrogens (tertiary/aromatic N) is 1. The largest absolute Gasteiger partial charge is 0.480 e. The molecule has 1 amide bonds. The van der Waals surface area contributed by atoms with E-state index in [1.807, 2.05) is 0 Å². The predicted molar refractivity (Wildman–Crippen MR) is 113 cm³/mol. The average molecular weight is 446 g/mol. The molecule has 2 N–H and O–H groups in total. The lowest BCUT2D eigenvalue weighted by atomic mass is 9.97. The first kappa shape index (κ1) is 23.7. The van der Waals surface area contributed by atoms with Crippen molar-refractivity contribution in [2.24, 2.45) is 9.78 Å². The van der Waals surface area contributed by atoms with Gasteiger partial charge in [-0.05, 0) is 57.0 Å². The van der Waals surface area contributed by atoms with Gasteiger partial charge >= 0.3 is 22.4 Å². The Hall–Kier alpha value is -3.53. The van der Waals surface area contributed by atoms with E-state index in [0.29, 0.717) is 22.4 Å². The maximum absolute atomic E-state index is 12.4. The maximum Gasteiger partial charge on any atom is 0.322 e. The molecule has 0 unspecified atom stereocenters. The van der Waals surface area contributed by atoms with Gasteiger partial charge in [0.05, 0.1) is 11.0 Å². The molecule has 0 aliphatic rings. The molecule has 0 heterocycles. The van der Waals surface area contributed by atoms with Crippen molar-refractivity contribution in [2.45, 2.75) is 27.7 Å². The van der Waals surface area contributed by atoms with E-state index >= 15 is 0 Å². The molecule has 164 valence electrons. The van der Waals surface area contributed by atoms with Crippen LogP contribution in [0.4, 0.5) is 5.69 Å². The van der Waals surface area contributed by atoms with E-state index in [9.17, 15) is 22.8 Å². The Balaban J connectivity index is 2.53. The second-order valence-corrected chi connectivity index (χ2v) is 8.32. The molecule has 31 heavy (non-hydrogen) atoms. The minimum atomic E-state index is -2.86. The number of hydrogen-bond donors (Lipinski definition) is 2. The first-order valence-electron chi connectivity index (χ1n) is 9.17. The Kier molecular flexibility index (Phi) is 7.29. The lowest BCUT2D eigenvalue weighted by Gasteiger charge is -2.18. The highest BCUT2D eigenvalue weighted by molar-refractivity contribution is 7.61. The zero-order valence-electron chi connectivity index (χ0n) is 17.4. The van der Waals surface area contributed by atoms with E-state index in [0.717, 1.165) is 0 Å². The first-order valence-corrected chi connectivity index (χ1v) is 10.2. The van der Waals surface area contributed by atoms with Crippen LogP contribution in [-0.2, 0) is 20.1 Å². The van der Waals surface area contributed by atoms with Crippen LogP contribution in [-0.4, -0.2) is 37.9 Å². The number of esters is 1. The molecule has 2 aromatic carbocycles. The highest BCUT2D eigenvalue weighted by Crippen LogP contribution is 2.36.